The van der Waals surface area contributed by atoms with E-state index in [2.05, 4.69) is 25.5 Å². The number of halogens is 1. The Hall–Kier alpha value is -2.56. The molecule has 0 aliphatic carbocycles. The largest absolute Gasteiger partial charge is 0.493 e. The number of pyridine rings is 1. The van der Waals surface area contributed by atoms with Gasteiger partial charge in [-0.05, 0) is 48.2 Å². The minimum Gasteiger partial charge on any atom is -0.493 e. The topological polar surface area (TPSA) is 88.1 Å². The molecule has 0 bridgehead atoms. The number of ether oxygens (including phenoxy) is 2. The highest BCUT2D eigenvalue weighted by Crippen LogP contribution is 2.33. The second-order valence-corrected chi connectivity index (χ2v) is 7.14. The molecule has 1 aliphatic rings. The first-order chi connectivity index (χ1) is 14.5. The number of rotatable bonds is 6. The molecular formula is C22H30IN5O3. The van der Waals surface area contributed by atoms with E-state index in [9.17, 15) is 4.79 Å². The van der Waals surface area contributed by atoms with Gasteiger partial charge in [-0.15, -0.1) is 24.0 Å². The van der Waals surface area contributed by atoms with Crippen LogP contribution >= 0.6 is 24.0 Å². The van der Waals surface area contributed by atoms with Gasteiger partial charge in [-0.25, -0.2) is 4.98 Å². The molecule has 1 aliphatic heterocycles. The monoisotopic (exact) mass is 539 g/mol. The molecule has 1 amide bonds. The highest BCUT2D eigenvalue weighted by molar-refractivity contribution is 14.0. The smallest absolute Gasteiger partial charge is 0.227 e. The molecule has 0 spiro atoms. The van der Waals surface area contributed by atoms with Crippen LogP contribution in [0.2, 0.25) is 0 Å². The second kappa shape index (κ2) is 11.7. The molecule has 0 saturated heterocycles. The summed E-state index contributed by atoms with van der Waals surface area (Å²) in [4.78, 5) is 22.9. The number of aryl methyl sites for hydroxylation is 1. The van der Waals surface area contributed by atoms with E-state index in [0.29, 0.717) is 18.8 Å². The van der Waals surface area contributed by atoms with Gasteiger partial charge in [0, 0.05) is 39.3 Å². The molecule has 3 rings (SSSR count). The van der Waals surface area contributed by atoms with Gasteiger partial charge in [0.2, 0.25) is 5.91 Å². The Morgan fingerprint density at radius 3 is 2.52 bits per heavy atom. The zero-order chi connectivity index (χ0) is 21.5. The first-order valence-corrected chi connectivity index (χ1v) is 9.96. The summed E-state index contributed by atoms with van der Waals surface area (Å²) in [5.74, 6) is 2.72. The number of hydrogen-bond acceptors (Lipinski definition) is 5. The van der Waals surface area contributed by atoms with E-state index in [-0.39, 0.29) is 29.9 Å². The van der Waals surface area contributed by atoms with Gasteiger partial charge >= 0.3 is 0 Å². The van der Waals surface area contributed by atoms with Crippen molar-refractivity contribution >= 4 is 41.7 Å². The molecule has 0 unspecified atom stereocenters. The van der Waals surface area contributed by atoms with Crippen LogP contribution in [-0.4, -0.2) is 56.1 Å². The van der Waals surface area contributed by atoms with Crippen LogP contribution in [0.3, 0.4) is 0 Å². The summed E-state index contributed by atoms with van der Waals surface area (Å²) >= 11 is 0. The fourth-order valence-electron chi connectivity index (χ4n) is 3.43. The number of methoxy groups -OCH3 is 2. The number of benzene rings is 1. The number of aliphatic imine (C=N–C) groups is 1. The fraction of sp³-hybridized carbons (Fsp3) is 0.409. The van der Waals surface area contributed by atoms with Crippen molar-refractivity contribution in [3.63, 3.8) is 0 Å². The van der Waals surface area contributed by atoms with E-state index in [4.69, 9.17) is 9.47 Å². The summed E-state index contributed by atoms with van der Waals surface area (Å²) < 4.78 is 10.8. The highest BCUT2D eigenvalue weighted by atomic mass is 127. The van der Waals surface area contributed by atoms with Crippen LogP contribution in [0, 0.1) is 6.92 Å². The quantitative estimate of drug-likeness (QED) is 0.334. The van der Waals surface area contributed by atoms with E-state index in [1.807, 2.05) is 25.1 Å². The Morgan fingerprint density at radius 1 is 1.19 bits per heavy atom. The third-order valence-corrected chi connectivity index (χ3v) is 5.04. The van der Waals surface area contributed by atoms with Gasteiger partial charge in [-0.1, -0.05) is 6.07 Å². The summed E-state index contributed by atoms with van der Waals surface area (Å²) in [5, 5.41) is 6.09. The minimum atomic E-state index is -0.0878. The molecule has 2 heterocycles. The van der Waals surface area contributed by atoms with Gasteiger partial charge in [0.15, 0.2) is 17.5 Å². The van der Waals surface area contributed by atoms with Crippen LogP contribution < -0.4 is 20.1 Å². The number of nitrogens with zero attached hydrogens (tertiary/aromatic N) is 3. The maximum atomic E-state index is 12.2. The maximum Gasteiger partial charge on any atom is 0.227 e. The number of anilines is 1. The summed E-state index contributed by atoms with van der Waals surface area (Å²) in [6.45, 7) is 4.00. The average molecular weight is 539 g/mol. The van der Waals surface area contributed by atoms with Crippen LogP contribution in [0.4, 0.5) is 5.82 Å². The Kier molecular flexibility index (Phi) is 9.35. The number of carbonyl (C=O) groups excluding carboxylic acids is 1. The number of carbonyl (C=O) groups is 1. The first kappa shape index (κ1) is 24.7. The average Bonchev–Trinajstić information content (AvgIpc) is 2.77. The van der Waals surface area contributed by atoms with Gasteiger partial charge in [0.1, 0.15) is 5.82 Å². The van der Waals surface area contributed by atoms with Crippen LogP contribution in [0.5, 0.6) is 11.5 Å². The van der Waals surface area contributed by atoms with E-state index in [1.54, 1.807) is 33.5 Å². The Bertz CT molecular complexity index is 918. The lowest BCUT2D eigenvalue weighted by molar-refractivity contribution is -0.116. The normalized spacial score (nSPS) is 13.0. The maximum absolute atomic E-state index is 12.2. The molecular weight excluding hydrogens is 509 g/mol. The van der Waals surface area contributed by atoms with E-state index >= 15 is 0 Å². The predicted octanol–water partition coefficient (Wildman–Crippen LogP) is 2.99. The molecule has 1 aromatic heterocycles. The van der Waals surface area contributed by atoms with Crippen molar-refractivity contribution in [2.45, 2.75) is 26.3 Å². The number of amides is 1. The lowest BCUT2D eigenvalue weighted by Gasteiger charge is -2.32. The number of aromatic nitrogens is 1. The standard InChI is InChI=1S/C22H29N5O3.HI/c1-15-5-6-20(25-13-15)26-21(28)7-9-24-22(23-2)27-10-8-16-11-18(29-3)19(30-4)12-17(16)14-27;/h5-6,11-13H,7-10,14H2,1-4H3,(H,23,24)(H,25,26,28);1H. The van der Waals surface area contributed by atoms with Crippen molar-refractivity contribution in [3.8, 4) is 11.5 Å². The molecule has 8 nitrogen and oxygen atoms in total. The summed E-state index contributed by atoms with van der Waals surface area (Å²) in [5.41, 5.74) is 3.49. The van der Waals surface area contributed by atoms with Gasteiger partial charge in [0.25, 0.3) is 0 Å². The molecule has 2 N–H and O–H groups in total. The fourth-order valence-corrected chi connectivity index (χ4v) is 3.43. The lowest BCUT2D eigenvalue weighted by atomic mass is 9.99. The third-order valence-electron chi connectivity index (χ3n) is 5.04. The van der Waals surface area contributed by atoms with Crippen LogP contribution in [0.1, 0.15) is 23.1 Å². The minimum absolute atomic E-state index is 0. The molecule has 0 saturated carbocycles. The zero-order valence-corrected chi connectivity index (χ0v) is 20.7. The van der Waals surface area contributed by atoms with Gasteiger partial charge in [-0.3, -0.25) is 9.79 Å². The van der Waals surface area contributed by atoms with Gasteiger partial charge < -0.3 is 25.0 Å². The summed E-state index contributed by atoms with van der Waals surface area (Å²) in [7, 11) is 5.04. The summed E-state index contributed by atoms with van der Waals surface area (Å²) in [6, 6.07) is 7.79. The van der Waals surface area contributed by atoms with Crippen molar-refractivity contribution in [3.05, 3.63) is 47.2 Å². The van der Waals surface area contributed by atoms with E-state index < -0.39 is 0 Å². The van der Waals surface area contributed by atoms with Crippen molar-refractivity contribution in [1.82, 2.24) is 15.2 Å². The van der Waals surface area contributed by atoms with E-state index in [1.165, 1.54) is 11.1 Å². The Balaban J connectivity index is 0.00000341. The molecule has 1 aromatic carbocycles. The van der Waals surface area contributed by atoms with E-state index in [0.717, 1.165) is 42.5 Å². The van der Waals surface area contributed by atoms with Crippen molar-refractivity contribution < 1.29 is 14.3 Å². The van der Waals surface area contributed by atoms with Crippen molar-refractivity contribution in [1.29, 1.82) is 0 Å². The Morgan fingerprint density at radius 2 is 1.90 bits per heavy atom. The zero-order valence-electron chi connectivity index (χ0n) is 18.4. The number of nitrogens with one attached hydrogen (secondary N) is 2. The molecule has 9 heteroatoms. The van der Waals surface area contributed by atoms with Crippen LogP contribution in [-0.2, 0) is 17.8 Å². The molecule has 168 valence electrons. The number of hydrogen-bond donors (Lipinski definition) is 2. The lowest BCUT2D eigenvalue weighted by Crippen LogP contribution is -2.44. The number of guanidine groups is 1. The van der Waals surface area contributed by atoms with Crippen molar-refractivity contribution in [2.75, 3.05) is 39.7 Å². The van der Waals surface area contributed by atoms with Crippen molar-refractivity contribution in [2.24, 2.45) is 4.99 Å². The predicted molar refractivity (Wildman–Crippen MR) is 133 cm³/mol. The Labute approximate surface area is 200 Å². The van der Waals surface area contributed by atoms with Crippen LogP contribution in [0.15, 0.2) is 35.5 Å². The SMILES string of the molecule is CN=C(NCCC(=O)Nc1ccc(C)cn1)N1CCc2cc(OC)c(OC)cc2C1.I. The summed E-state index contributed by atoms with van der Waals surface area (Å²) in [6.07, 6.45) is 2.94. The second-order valence-electron chi connectivity index (χ2n) is 7.14. The van der Waals surface area contributed by atoms with Gasteiger partial charge in [0.05, 0.1) is 14.2 Å². The van der Waals surface area contributed by atoms with Crippen LogP contribution in [0.25, 0.3) is 0 Å². The number of fused-ring (bicyclic) bond motifs is 1. The molecule has 0 radical (unpaired) electrons. The first-order valence-electron chi connectivity index (χ1n) is 9.96. The molecule has 31 heavy (non-hydrogen) atoms. The molecule has 0 fully saturated rings. The molecule has 2 aromatic rings. The third kappa shape index (κ3) is 6.46. The highest BCUT2D eigenvalue weighted by Gasteiger charge is 2.21. The van der Waals surface area contributed by atoms with Gasteiger partial charge in [-0.2, -0.15) is 0 Å². The molecule has 0 atom stereocenters.